The second-order valence-corrected chi connectivity index (χ2v) is 13.2. The van der Waals surface area contributed by atoms with Gasteiger partial charge in [0.1, 0.15) is 0 Å². The molecule has 3 saturated heterocycles. The van der Waals surface area contributed by atoms with Crippen molar-refractivity contribution < 1.29 is 22.8 Å². The molecule has 0 bridgehead atoms. The molecule has 11 heteroatoms. The highest BCUT2D eigenvalue weighted by Gasteiger charge is 2.36. The second-order valence-electron chi connectivity index (χ2n) is 12.8. The molecule has 7 nitrogen and oxygen atoms in total. The van der Waals surface area contributed by atoms with Gasteiger partial charge >= 0.3 is 6.18 Å². The monoisotopic (exact) mass is 647 g/mol. The number of carbonyl (C=O) groups is 2. The molecule has 0 radical (unpaired) electrons. The number of anilines is 1. The summed E-state index contributed by atoms with van der Waals surface area (Å²) in [6.07, 6.45) is 2.38. The quantitative estimate of drug-likeness (QED) is 0.339. The van der Waals surface area contributed by atoms with Crippen molar-refractivity contribution in [2.45, 2.75) is 82.6 Å². The Morgan fingerprint density at radius 2 is 1.58 bits per heavy atom. The molecule has 3 heterocycles. The lowest BCUT2D eigenvalue weighted by molar-refractivity contribution is -0.143. The number of carbonyl (C=O) groups excluding carboxylic acids is 2. The van der Waals surface area contributed by atoms with Gasteiger partial charge in [0.05, 0.1) is 16.5 Å². The maximum absolute atomic E-state index is 13.9. The smallest absolute Gasteiger partial charge is 0.398 e. The summed E-state index contributed by atoms with van der Waals surface area (Å²) in [5, 5.41) is 3.16. The summed E-state index contributed by atoms with van der Waals surface area (Å²) in [4.78, 5) is 33.6. The summed E-state index contributed by atoms with van der Waals surface area (Å²) in [5.41, 5.74) is 7.27. The molecule has 2 aromatic rings. The molecular weight excluding hydrogens is 603 g/mol. The lowest BCUT2D eigenvalue weighted by Gasteiger charge is -2.41. The van der Waals surface area contributed by atoms with Crippen molar-refractivity contribution in [3.63, 3.8) is 0 Å². The van der Waals surface area contributed by atoms with Gasteiger partial charge in [0.2, 0.25) is 11.8 Å². The number of nitrogens with zero attached hydrogens (tertiary/aromatic N) is 3. The molecule has 3 N–H and O–H groups in total. The molecule has 3 fully saturated rings. The van der Waals surface area contributed by atoms with Crippen LogP contribution in [0.25, 0.3) is 0 Å². The Labute approximate surface area is 269 Å². The number of rotatable bonds is 9. The van der Waals surface area contributed by atoms with Crippen LogP contribution in [0.2, 0.25) is 5.02 Å². The fourth-order valence-corrected chi connectivity index (χ4v) is 7.29. The maximum atomic E-state index is 13.9. The van der Waals surface area contributed by atoms with Gasteiger partial charge < -0.3 is 25.8 Å². The number of benzene rings is 2. The summed E-state index contributed by atoms with van der Waals surface area (Å²) < 4.78 is 40.9. The molecule has 2 amide bonds. The van der Waals surface area contributed by atoms with Gasteiger partial charge in [-0.25, -0.2) is 0 Å². The van der Waals surface area contributed by atoms with Crippen molar-refractivity contribution >= 4 is 29.1 Å². The molecule has 5 rings (SSSR count). The zero-order chi connectivity index (χ0) is 32.0. The van der Waals surface area contributed by atoms with Crippen LogP contribution in [0, 0.1) is 5.92 Å². The van der Waals surface area contributed by atoms with Gasteiger partial charge in [-0.05, 0) is 87.4 Å². The number of para-hydroxylation sites is 1. The van der Waals surface area contributed by atoms with E-state index in [1.54, 1.807) is 4.90 Å². The number of hydrogen-bond donors (Lipinski definition) is 2. The maximum Gasteiger partial charge on any atom is 0.417 e. The lowest BCUT2D eigenvalue weighted by Crippen LogP contribution is -2.50. The number of amides is 2. The van der Waals surface area contributed by atoms with E-state index >= 15 is 0 Å². The van der Waals surface area contributed by atoms with E-state index < -0.39 is 17.7 Å². The van der Waals surface area contributed by atoms with E-state index in [2.05, 4.69) is 10.2 Å². The fraction of sp³-hybridized carbons (Fsp3) is 0.588. The first-order valence-corrected chi connectivity index (χ1v) is 16.7. The number of alkyl halides is 3. The van der Waals surface area contributed by atoms with Crippen molar-refractivity contribution in [2.75, 3.05) is 45.0 Å². The Morgan fingerprint density at radius 3 is 2.24 bits per heavy atom. The molecular formula is C34H45ClF3N5O2. The summed E-state index contributed by atoms with van der Waals surface area (Å²) in [7, 11) is 0. The average molecular weight is 648 g/mol. The minimum atomic E-state index is -4.61. The molecule has 0 aliphatic carbocycles. The zero-order valence-corrected chi connectivity index (χ0v) is 26.6. The van der Waals surface area contributed by atoms with Crippen LogP contribution < -0.4 is 11.1 Å². The van der Waals surface area contributed by atoms with Crippen LogP contribution in [-0.4, -0.2) is 77.9 Å². The molecule has 3 aliphatic rings. The van der Waals surface area contributed by atoms with Crippen LogP contribution in [0.15, 0.2) is 42.5 Å². The number of nitrogens with two attached hydrogens (primary N) is 1. The van der Waals surface area contributed by atoms with Crippen LogP contribution in [0.1, 0.15) is 68.1 Å². The number of hydrogen-bond acceptors (Lipinski definition) is 5. The SMILES string of the molecule is Nc1ccccc1CNC1CCN(C(=O)CC(Cc2ccc(Cl)c(C(F)(F)F)c2)C(=O)N2CCC(N3CCCCC3)CC2)CC1. The van der Waals surface area contributed by atoms with Gasteiger partial charge in [-0.3, -0.25) is 9.59 Å². The predicted molar refractivity (Wildman–Crippen MR) is 171 cm³/mol. The van der Waals surface area contributed by atoms with E-state index in [9.17, 15) is 22.8 Å². The summed E-state index contributed by atoms with van der Waals surface area (Å²) >= 11 is 5.87. The molecule has 0 aromatic heterocycles. The van der Waals surface area contributed by atoms with Crippen LogP contribution >= 0.6 is 11.6 Å². The Balaban J connectivity index is 1.22. The highest BCUT2D eigenvalue weighted by atomic mass is 35.5. The van der Waals surface area contributed by atoms with Crippen molar-refractivity contribution in [1.82, 2.24) is 20.0 Å². The van der Waals surface area contributed by atoms with Crippen molar-refractivity contribution in [1.29, 1.82) is 0 Å². The first-order valence-electron chi connectivity index (χ1n) is 16.3. The summed E-state index contributed by atoms with van der Waals surface area (Å²) in [6, 6.07) is 12.2. The Bertz CT molecular complexity index is 1300. The third-order valence-corrected chi connectivity index (χ3v) is 10.1. The van der Waals surface area contributed by atoms with Crippen molar-refractivity contribution in [2.24, 2.45) is 5.92 Å². The number of nitrogen functional groups attached to an aromatic ring is 1. The first-order chi connectivity index (χ1) is 21.6. The van der Waals surface area contributed by atoms with Gasteiger partial charge in [-0.1, -0.05) is 42.3 Å². The standard InChI is InChI=1S/C34H45ClF3N5O2/c35-30-9-8-24(21-29(30)34(36,37)38)20-26(33(45)43-18-12-28(13-19-43)41-14-4-1-5-15-41)22-32(44)42-16-10-27(11-17-42)40-23-25-6-2-3-7-31(25)39/h2-3,6-9,21,26-28,40H,1,4-5,10-20,22-23,39H2. The molecule has 3 aliphatic heterocycles. The Kier molecular flexibility index (Phi) is 11.3. The summed E-state index contributed by atoms with van der Waals surface area (Å²) in [6.45, 7) is 5.16. The first kappa shape index (κ1) is 33.5. The number of nitrogens with one attached hydrogen (secondary N) is 1. The number of piperidine rings is 3. The zero-order valence-electron chi connectivity index (χ0n) is 25.8. The largest absolute Gasteiger partial charge is 0.417 e. The summed E-state index contributed by atoms with van der Waals surface area (Å²) in [5.74, 6) is -1.03. The van der Waals surface area contributed by atoms with E-state index in [1.165, 1.54) is 31.4 Å². The van der Waals surface area contributed by atoms with Gasteiger partial charge in [-0.15, -0.1) is 0 Å². The fourth-order valence-electron chi connectivity index (χ4n) is 7.06. The van der Waals surface area contributed by atoms with Crippen LogP contribution in [0.3, 0.4) is 0 Å². The predicted octanol–water partition coefficient (Wildman–Crippen LogP) is 5.75. The lowest BCUT2D eigenvalue weighted by atomic mass is 9.91. The molecule has 2 aromatic carbocycles. The van der Waals surface area contributed by atoms with E-state index in [1.807, 2.05) is 29.2 Å². The van der Waals surface area contributed by atoms with E-state index in [4.69, 9.17) is 17.3 Å². The second kappa shape index (κ2) is 15.2. The van der Waals surface area contributed by atoms with Crippen molar-refractivity contribution in [3.05, 3.63) is 64.2 Å². The topological polar surface area (TPSA) is 81.9 Å². The van der Waals surface area contributed by atoms with Gasteiger partial charge in [-0.2, -0.15) is 13.2 Å². The number of likely N-dealkylation sites (tertiary alicyclic amines) is 3. The Morgan fingerprint density at radius 1 is 0.911 bits per heavy atom. The van der Waals surface area contributed by atoms with Crippen molar-refractivity contribution in [3.8, 4) is 0 Å². The van der Waals surface area contributed by atoms with Gasteiger partial charge in [0.25, 0.3) is 0 Å². The minimum absolute atomic E-state index is 0.0342. The third-order valence-electron chi connectivity index (χ3n) is 9.76. The number of halogens is 4. The van der Waals surface area contributed by atoms with Gasteiger partial charge in [0, 0.05) is 56.9 Å². The highest BCUT2D eigenvalue weighted by Crippen LogP contribution is 2.36. The van der Waals surface area contributed by atoms with Crippen LogP contribution in [-0.2, 0) is 28.7 Å². The molecule has 1 unspecified atom stereocenters. The minimum Gasteiger partial charge on any atom is -0.398 e. The molecule has 1 atom stereocenters. The van der Waals surface area contributed by atoms with Gasteiger partial charge in [0.15, 0.2) is 0 Å². The molecule has 0 saturated carbocycles. The average Bonchev–Trinajstić information content (AvgIpc) is 3.04. The molecule has 246 valence electrons. The highest BCUT2D eigenvalue weighted by molar-refractivity contribution is 6.31. The molecule has 45 heavy (non-hydrogen) atoms. The van der Waals surface area contributed by atoms with Crippen LogP contribution in [0.4, 0.5) is 18.9 Å². The normalized spacial score (nSPS) is 19.9. The van der Waals surface area contributed by atoms with E-state index in [0.29, 0.717) is 44.3 Å². The van der Waals surface area contributed by atoms with Crippen LogP contribution in [0.5, 0.6) is 0 Å². The Hall–Kier alpha value is -2.82. The van der Waals surface area contributed by atoms with E-state index in [0.717, 1.165) is 56.1 Å². The van der Waals surface area contributed by atoms with E-state index in [-0.39, 0.29) is 35.7 Å². The molecule has 0 spiro atoms. The third kappa shape index (κ3) is 8.92.